The Labute approximate surface area is 145 Å². The topological polar surface area (TPSA) is 93.8 Å². The van der Waals surface area contributed by atoms with Crippen LogP contribution in [0.4, 0.5) is 5.69 Å². The van der Waals surface area contributed by atoms with E-state index in [1.165, 1.54) is 7.05 Å². The standard InChI is InChI=1S/C15H21ClN6O2/c1-5-21-8-11(14(20-21)15(24)17-4)18-12(23)6-7-22-10(3)13(16)9(2)19-22/h8H,5-7H2,1-4H3,(H,17,24)(H,18,23). The number of anilines is 1. The number of carbonyl (C=O) groups excluding carboxylic acids is 2. The summed E-state index contributed by atoms with van der Waals surface area (Å²) in [5.74, 6) is -0.567. The fraction of sp³-hybridized carbons (Fsp3) is 0.467. The first-order valence-electron chi connectivity index (χ1n) is 7.66. The molecule has 0 aliphatic carbocycles. The average molecular weight is 353 g/mol. The van der Waals surface area contributed by atoms with Crippen LogP contribution in [0.1, 0.15) is 35.2 Å². The third-order valence-electron chi connectivity index (χ3n) is 3.65. The Morgan fingerprint density at radius 2 is 2.00 bits per heavy atom. The molecule has 2 amide bonds. The van der Waals surface area contributed by atoms with E-state index in [1.54, 1.807) is 15.6 Å². The maximum atomic E-state index is 12.2. The van der Waals surface area contributed by atoms with Crippen molar-refractivity contribution in [3.8, 4) is 0 Å². The van der Waals surface area contributed by atoms with Gasteiger partial charge in [0.1, 0.15) is 0 Å². The fourth-order valence-electron chi connectivity index (χ4n) is 2.27. The normalized spacial score (nSPS) is 10.7. The van der Waals surface area contributed by atoms with Gasteiger partial charge in [0.15, 0.2) is 5.69 Å². The zero-order chi connectivity index (χ0) is 17.9. The van der Waals surface area contributed by atoms with Gasteiger partial charge in [-0.1, -0.05) is 11.6 Å². The molecule has 0 spiro atoms. The minimum atomic E-state index is -0.345. The molecule has 8 nitrogen and oxygen atoms in total. The van der Waals surface area contributed by atoms with Crippen molar-refractivity contribution in [2.45, 2.75) is 40.3 Å². The van der Waals surface area contributed by atoms with Gasteiger partial charge in [0.25, 0.3) is 5.91 Å². The quantitative estimate of drug-likeness (QED) is 0.828. The van der Waals surface area contributed by atoms with Gasteiger partial charge < -0.3 is 10.6 Å². The first-order valence-corrected chi connectivity index (χ1v) is 8.04. The highest BCUT2D eigenvalue weighted by Gasteiger charge is 2.18. The highest BCUT2D eigenvalue weighted by Crippen LogP contribution is 2.19. The van der Waals surface area contributed by atoms with Crippen LogP contribution in [0.25, 0.3) is 0 Å². The minimum Gasteiger partial charge on any atom is -0.354 e. The number of hydrogen-bond acceptors (Lipinski definition) is 4. The van der Waals surface area contributed by atoms with Crippen molar-refractivity contribution in [3.05, 3.63) is 28.3 Å². The fourth-order valence-corrected chi connectivity index (χ4v) is 2.41. The Hall–Kier alpha value is -2.35. The summed E-state index contributed by atoms with van der Waals surface area (Å²) in [6.07, 6.45) is 1.85. The Balaban J connectivity index is 2.05. The molecule has 0 aliphatic rings. The van der Waals surface area contributed by atoms with Crippen LogP contribution >= 0.6 is 11.6 Å². The molecule has 0 atom stereocenters. The van der Waals surface area contributed by atoms with Crippen molar-refractivity contribution in [3.63, 3.8) is 0 Å². The van der Waals surface area contributed by atoms with Gasteiger partial charge in [-0.3, -0.25) is 19.0 Å². The van der Waals surface area contributed by atoms with E-state index in [-0.39, 0.29) is 23.9 Å². The molecule has 2 heterocycles. The molecule has 0 aromatic carbocycles. The van der Waals surface area contributed by atoms with E-state index in [0.717, 1.165) is 11.4 Å². The molecule has 0 bridgehead atoms. The summed E-state index contributed by atoms with van der Waals surface area (Å²) in [5.41, 5.74) is 2.15. The second kappa shape index (κ2) is 7.48. The molecule has 0 aliphatic heterocycles. The highest BCUT2D eigenvalue weighted by molar-refractivity contribution is 6.31. The zero-order valence-corrected chi connectivity index (χ0v) is 14.9. The van der Waals surface area contributed by atoms with E-state index in [9.17, 15) is 9.59 Å². The summed E-state index contributed by atoms with van der Waals surface area (Å²) < 4.78 is 3.30. The molecular formula is C15H21ClN6O2. The second-order valence-electron chi connectivity index (χ2n) is 5.33. The van der Waals surface area contributed by atoms with Crippen LogP contribution in [0.2, 0.25) is 5.02 Å². The first-order chi connectivity index (χ1) is 11.4. The van der Waals surface area contributed by atoms with Crippen LogP contribution in [-0.2, 0) is 17.9 Å². The first kappa shape index (κ1) is 18.0. The summed E-state index contributed by atoms with van der Waals surface area (Å²) >= 11 is 6.09. The average Bonchev–Trinajstić information content (AvgIpc) is 3.08. The van der Waals surface area contributed by atoms with E-state index >= 15 is 0 Å². The molecule has 0 radical (unpaired) electrons. The monoisotopic (exact) mass is 352 g/mol. The van der Waals surface area contributed by atoms with Gasteiger partial charge in [0.05, 0.1) is 28.6 Å². The van der Waals surface area contributed by atoms with Crippen molar-refractivity contribution in [2.75, 3.05) is 12.4 Å². The van der Waals surface area contributed by atoms with Crippen molar-refractivity contribution < 1.29 is 9.59 Å². The van der Waals surface area contributed by atoms with Gasteiger partial charge in [0, 0.05) is 26.2 Å². The molecule has 2 rings (SSSR count). The van der Waals surface area contributed by atoms with Crippen LogP contribution in [0.3, 0.4) is 0 Å². The van der Waals surface area contributed by atoms with Crippen molar-refractivity contribution >= 4 is 29.1 Å². The Morgan fingerprint density at radius 3 is 2.54 bits per heavy atom. The molecule has 0 fully saturated rings. The third kappa shape index (κ3) is 3.76. The van der Waals surface area contributed by atoms with Gasteiger partial charge in [0.2, 0.25) is 5.91 Å². The van der Waals surface area contributed by atoms with E-state index in [2.05, 4.69) is 20.8 Å². The van der Waals surface area contributed by atoms with Gasteiger partial charge in [-0.15, -0.1) is 0 Å². The molecule has 2 aromatic rings. The van der Waals surface area contributed by atoms with E-state index in [0.29, 0.717) is 23.8 Å². The number of aryl methyl sites for hydroxylation is 3. The van der Waals surface area contributed by atoms with E-state index in [1.807, 2.05) is 20.8 Å². The van der Waals surface area contributed by atoms with Crippen molar-refractivity contribution in [1.82, 2.24) is 24.9 Å². The molecule has 0 unspecified atom stereocenters. The maximum absolute atomic E-state index is 12.2. The number of nitrogens with zero attached hydrogens (tertiary/aromatic N) is 4. The largest absolute Gasteiger partial charge is 0.354 e. The van der Waals surface area contributed by atoms with Crippen LogP contribution < -0.4 is 10.6 Å². The van der Waals surface area contributed by atoms with Gasteiger partial charge in [-0.2, -0.15) is 10.2 Å². The van der Waals surface area contributed by atoms with E-state index < -0.39 is 0 Å². The number of nitrogens with one attached hydrogen (secondary N) is 2. The molecule has 130 valence electrons. The number of aromatic nitrogens is 4. The lowest BCUT2D eigenvalue weighted by molar-refractivity contribution is -0.116. The number of rotatable bonds is 6. The van der Waals surface area contributed by atoms with Crippen LogP contribution in [0.5, 0.6) is 0 Å². The van der Waals surface area contributed by atoms with E-state index in [4.69, 9.17) is 11.6 Å². The SMILES string of the molecule is CCn1cc(NC(=O)CCn2nc(C)c(Cl)c2C)c(C(=O)NC)n1. The molecule has 2 N–H and O–H groups in total. The van der Waals surface area contributed by atoms with Crippen LogP contribution in [0.15, 0.2) is 6.20 Å². The molecule has 0 saturated heterocycles. The minimum absolute atomic E-state index is 0.196. The lowest BCUT2D eigenvalue weighted by Gasteiger charge is -2.06. The summed E-state index contributed by atoms with van der Waals surface area (Å²) in [6.45, 7) is 6.58. The maximum Gasteiger partial charge on any atom is 0.273 e. The number of amides is 2. The smallest absolute Gasteiger partial charge is 0.273 e. The molecule has 24 heavy (non-hydrogen) atoms. The molecule has 2 aromatic heterocycles. The zero-order valence-electron chi connectivity index (χ0n) is 14.2. The lowest BCUT2D eigenvalue weighted by atomic mass is 10.3. The summed E-state index contributed by atoms with van der Waals surface area (Å²) in [6, 6.07) is 0. The van der Waals surface area contributed by atoms with Crippen molar-refractivity contribution in [1.29, 1.82) is 0 Å². The van der Waals surface area contributed by atoms with Gasteiger partial charge in [-0.25, -0.2) is 0 Å². The Morgan fingerprint density at radius 1 is 1.29 bits per heavy atom. The third-order valence-corrected chi connectivity index (χ3v) is 4.19. The van der Waals surface area contributed by atoms with Gasteiger partial charge in [-0.05, 0) is 20.8 Å². The lowest BCUT2D eigenvalue weighted by Crippen LogP contribution is -2.22. The van der Waals surface area contributed by atoms with Gasteiger partial charge >= 0.3 is 0 Å². The Bertz CT molecular complexity index is 764. The molecular weight excluding hydrogens is 332 g/mol. The predicted octanol–water partition coefficient (Wildman–Crippen LogP) is 1.76. The van der Waals surface area contributed by atoms with Crippen LogP contribution in [0, 0.1) is 13.8 Å². The number of carbonyl (C=O) groups is 2. The summed E-state index contributed by atoms with van der Waals surface area (Å²) in [4.78, 5) is 24.0. The summed E-state index contributed by atoms with van der Waals surface area (Å²) in [7, 11) is 1.52. The summed E-state index contributed by atoms with van der Waals surface area (Å²) in [5, 5.41) is 14.3. The van der Waals surface area contributed by atoms with Crippen molar-refractivity contribution in [2.24, 2.45) is 0 Å². The second-order valence-corrected chi connectivity index (χ2v) is 5.71. The highest BCUT2D eigenvalue weighted by atomic mass is 35.5. The Kier molecular flexibility index (Phi) is 5.61. The van der Waals surface area contributed by atoms with Crippen LogP contribution in [-0.4, -0.2) is 38.4 Å². The predicted molar refractivity (Wildman–Crippen MR) is 91.2 cm³/mol. The molecule has 0 saturated carbocycles. The molecule has 9 heteroatoms. The number of halogens is 1. The number of hydrogen-bond donors (Lipinski definition) is 2.